The third kappa shape index (κ3) is 3.45. The van der Waals surface area contributed by atoms with Gasteiger partial charge in [0.15, 0.2) is 0 Å². The molecular formula is C17H17ClF3NO2S. The summed E-state index contributed by atoms with van der Waals surface area (Å²) in [5, 5.41) is 0.548. The first-order valence-corrected chi connectivity index (χ1v) is 9.57. The van der Waals surface area contributed by atoms with E-state index >= 15 is 0 Å². The molecule has 1 N–H and O–H groups in total. The van der Waals surface area contributed by atoms with E-state index in [4.69, 9.17) is 16.3 Å². The largest absolute Gasteiger partial charge is 0.492 e. The summed E-state index contributed by atoms with van der Waals surface area (Å²) in [4.78, 5) is 12.0. The first-order chi connectivity index (χ1) is 11.9. The van der Waals surface area contributed by atoms with Gasteiger partial charge in [-0.2, -0.15) is 0 Å². The molecule has 0 radical (unpaired) electrons. The van der Waals surface area contributed by atoms with Crippen LogP contribution < -0.4 is 9.46 Å². The molecule has 1 amide bonds. The van der Waals surface area contributed by atoms with Crippen molar-refractivity contribution in [3.8, 4) is 5.75 Å². The molecule has 1 aromatic carbocycles. The van der Waals surface area contributed by atoms with Crippen LogP contribution in [0.2, 0.25) is 5.02 Å². The number of amides is 1. The molecule has 0 aliphatic heterocycles. The monoisotopic (exact) mass is 391 g/mol. The summed E-state index contributed by atoms with van der Waals surface area (Å²) in [6.45, 7) is 0.227. The number of carbonyl (C=O) groups excluding carboxylic acids is 1. The van der Waals surface area contributed by atoms with Crippen LogP contribution in [-0.4, -0.2) is 23.7 Å². The molecule has 0 aromatic heterocycles. The Bertz CT molecular complexity index is 699. The lowest BCUT2D eigenvalue weighted by atomic mass is 10.0. The summed E-state index contributed by atoms with van der Waals surface area (Å²) in [6.07, 6.45) is 2.96. The molecule has 4 rings (SSSR count). The summed E-state index contributed by atoms with van der Waals surface area (Å²) < 4.78 is 48.7. The third-order valence-electron chi connectivity index (χ3n) is 5.12. The highest BCUT2D eigenvalue weighted by atomic mass is 35.5. The number of carbonyl (C=O) groups is 1. The van der Waals surface area contributed by atoms with Crippen molar-refractivity contribution in [2.24, 2.45) is 17.8 Å². The molecule has 2 atom stereocenters. The van der Waals surface area contributed by atoms with Gasteiger partial charge in [0.25, 0.3) is 11.8 Å². The summed E-state index contributed by atoms with van der Waals surface area (Å²) >= 11 is 7.38. The topological polar surface area (TPSA) is 38.3 Å². The average molecular weight is 392 g/mol. The third-order valence-corrected chi connectivity index (χ3v) is 6.53. The van der Waals surface area contributed by atoms with Crippen LogP contribution >= 0.6 is 23.5 Å². The minimum Gasteiger partial charge on any atom is -0.492 e. The second-order valence-electron chi connectivity index (χ2n) is 7.05. The number of ether oxygens (including phenoxy) is 1. The van der Waals surface area contributed by atoms with Crippen LogP contribution in [0.15, 0.2) is 12.1 Å². The number of alkyl halides is 2. The van der Waals surface area contributed by atoms with Gasteiger partial charge in [-0.25, -0.2) is 13.2 Å². The SMILES string of the molecule is O=C(NSC1CC1)c1cc(Cl)c(OCC2CC3C(C2)C3(F)F)cc1F. The average Bonchev–Trinajstić information content (AvgIpc) is 3.41. The lowest BCUT2D eigenvalue weighted by Crippen LogP contribution is -2.19. The van der Waals surface area contributed by atoms with Gasteiger partial charge in [0.2, 0.25) is 0 Å². The molecule has 3 aliphatic carbocycles. The van der Waals surface area contributed by atoms with E-state index in [2.05, 4.69) is 4.72 Å². The van der Waals surface area contributed by atoms with Gasteiger partial charge in [-0.1, -0.05) is 11.6 Å². The Hall–Kier alpha value is -1.08. The number of nitrogens with one attached hydrogen (secondary N) is 1. The highest BCUT2D eigenvalue weighted by molar-refractivity contribution is 7.98. The lowest BCUT2D eigenvalue weighted by molar-refractivity contribution is 0.0580. The van der Waals surface area contributed by atoms with Crippen molar-refractivity contribution in [1.82, 2.24) is 4.72 Å². The zero-order chi connectivity index (χ0) is 17.8. The Kier molecular flexibility index (Phi) is 4.35. The van der Waals surface area contributed by atoms with Crippen molar-refractivity contribution in [1.29, 1.82) is 0 Å². The van der Waals surface area contributed by atoms with E-state index in [1.165, 1.54) is 18.0 Å². The van der Waals surface area contributed by atoms with E-state index < -0.39 is 29.5 Å². The Morgan fingerprint density at radius 1 is 1.32 bits per heavy atom. The van der Waals surface area contributed by atoms with E-state index in [1.807, 2.05) is 0 Å². The van der Waals surface area contributed by atoms with E-state index in [0.29, 0.717) is 18.1 Å². The van der Waals surface area contributed by atoms with E-state index in [-0.39, 0.29) is 28.9 Å². The van der Waals surface area contributed by atoms with Gasteiger partial charge in [-0.05, 0) is 49.6 Å². The number of rotatable bonds is 6. The molecular weight excluding hydrogens is 375 g/mol. The number of halogens is 4. The molecule has 1 aromatic rings. The van der Waals surface area contributed by atoms with Crippen LogP contribution in [-0.2, 0) is 0 Å². The molecule has 8 heteroatoms. The maximum Gasteiger partial charge on any atom is 0.264 e. The molecule has 3 nitrogen and oxygen atoms in total. The van der Waals surface area contributed by atoms with E-state index in [0.717, 1.165) is 18.9 Å². The van der Waals surface area contributed by atoms with Gasteiger partial charge in [0.05, 0.1) is 17.2 Å². The summed E-state index contributed by atoms with van der Waals surface area (Å²) in [6, 6.07) is 2.33. The normalized spacial score (nSPS) is 29.2. The second kappa shape index (κ2) is 6.27. The first kappa shape index (κ1) is 17.3. The Balaban J connectivity index is 1.34. The Morgan fingerprint density at radius 2 is 2.00 bits per heavy atom. The fraction of sp³-hybridized carbons (Fsp3) is 0.588. The molecule has 136 valence electrons. The van der Waals surface area contributed by atoms with Crippen molar-refractivity contribution in [3.05, 3.63) is 28.5 Å². The zero-order valence-corrected chi connectivity index (χ0v) is 14.8. The van der Waals surface area contributed by atoms with Crippen molar-refractivity contribution in [2.75, 3.05) is 6.61 Å². The number of fused-ring (bicyclic) bond motifs is 1. The summed E-state index contributed by atoms with van der Waals surface area (Å²) in [7, 11) is 0. The number of hydrogen-bond acceptors (Lipinski definition) is 3. The molecule has 3 saturated carbocycles. The van der Waals surface area contributed by atoms with Crippen molar-refractivity contribution in [3.63, 3.8) is 0 Å². The van der Waals surface area contributed by atoms with Gasteiger partial charge in [-0.3, -0.25) is 9.52 Å². The van der Waals surface area contributed by atoms with Crippen LogP contribution in [0.4, 0.5) is 13.2 Å². The van der Waals surface area contributed by atoms with Gasteiger partial charge in [0, 0.05) is 23.2 Å². The maximum atomic E-state index is 14.2. The zero-order valence-electron chi connectivity index (χ0n) is 13.2. The van der Waals surface area contributed by atoms with Crippen LogP contribution in [0.3, 0.4) is 0 Å². The second-order valence-corrected chi connectivity index (χ2v) is 8.56. The predicted octanol–water partition coefficient (Wildman–Crippen LogP) is 4.69. The standard InChI is InChI=1S/C17H17ClF3NO2S/c18-13-5-10(16(23)22-25-9-1-2-9)14(19)6-15(13)24-7-8-3-11-12(4-8)17(11,20)21/h5-6,8-9,11-12H,1-4,7H2,(H,22,23). The molecule has 0 saturated heterocycles. The van der Waals surface area contributed by atoms with Gasteiger partial charge >= 0.3 is 0 Å². The predicted molar refractivity (Wildman–Crippen MR) is 89.6 cm³/mol. The molecule has 0 heterocycles. The minimum absolute atomic E-state index is 0.0340. The minimum atomic E-state index is -2.51. The molecule has 0 spiro atoms. The van der Waals surface area contributed by atoms with Gasteiger partial charge in [-0.15, -0.1) is 0 Å². The number of hydrogen-bond donors (Lipinski definition) is 1. The van der Waals surface area contributed by atoms with Crippen molar-refractivity contribution >= 4 is 29.5 Å². The molecule has 25 heavy (non-hydrogen) atoms. The highest BCUT2D eigenvalue weighted by Crippen LogP contribution is 2.65. The van der Waals surface area contributed by atoms with Crippen LogP contribution in [0.5, 0.6) is 5.75 Å². The Morgan fingerprint density at radius 3 is 2.64 bits per heavy atom. The summed E-state index contributed by atoms with van der Waals surface area (Å²) in [5.41, 5.74) is -0.132. The first-order valence-electron chi connectivity index (χ1n) is 8.32. The van der Waals surface area contributed by atoms with Gasteiger partial charge in [0.1, 0.15) is 11.6 Å². The maximum absolute atomic E-state index is 14.2. The molecule has 2 unspecified atom stereocenters. The van der Waals surface area contributed by atoms with Crippen LogP contribution in [0, 0.1) is 23.6 Å². The Labute approximate surface area is 152 Å². The van der Waals surface area contributed by atoms with E-state index in [1.54, 1.807) is 0 Å². The lowest BCUT2D eigenvalue weighted by Gasteiger charge is -2.16. The summed E-state index contributed by atoms with van der Waals surface area (Å²) in [5.74, 6) is -4.63. The van der Waals surface area contributed by atoms with Crippen molar-refractivity contribution < 1.29 is 22.7 Å². The fourth-order valence-corrected chi connectivity index (χ4v) is 4.43. The smallest absolute Gasteiger partial charge is 0.264 e. The fourth-order valence-electron chi connectivity index (χ4n) is 3.45. The van der Waals surface area contributed by atoms with Crippen LogP contribution in [0.25, 0.3) is 0 Å². The van der Waals surface area contributed by atoms with Gasteiger partial charge < -0.3 is 4.74 Å². The molecule has 0 bridgehead atoms. The molecule has 3 fully saturated rings. The van der Waals surface area contributed by atoms with Crippen LogP contribution in [0.1, 0.15) is 36.0 Å². The number of benzene rings is 1. The van der Waals surface area contributed by atoms with E-state index in [9.17, 15) is 18.0 Å². The molecule has 3 aliphatic rings. The van der Waals surface area contributed by atoms with Crippen molar-refractivity contribution in [2.45, 2.75) is 36.9 Å². The quantitative estimate of drug-likeness (QED) is 0.715. The highest BCUT2D eigenvalue weighted by Gasteiger charge is 2.71.